The van der Waals surface area contributed by atoms with Gasteiger partial charge < -0.3 is 14.2 Å². The summed E-state index contributed by atoms with van der Waals surface area (Å²) in [4.78, 5) is 23.0. The number of ether oxygens (including phenoxy) is 3. The Morgan fingerprint density at radius 1 is 1.00 bits per heavy atom. The van der Waals surface area contributed by atoms with Crippen LogP contribution in [0.25, 0.3) is 0 Å². The Balaban J connectivity index is 2.29. The molecule has 132 valence electrons. The van der Waals surface area contributed by atoms with Crippen molar-refractivity contribution in [2.24, 2.45) is 0 Å². The number of nitrogens with zero attached hydrogens (tertiary/aromatic N) is 1. The minimum absolute atomic E-state index is 0.0207. The maximum atomic E-state index is 12.4. The molecule has 0 radical (unpaired) electrons. The SMILES string of the molecule is COc1cc(C(=O)OCc2cc(C)cc(C)c2)c([N+](=O)[O-])cc1OC. The van der Waals surface area contributed by atoms with Gasteiger partial charge in [0, 0.05) is 6.07 Å². The molecule has 0 aromatic heterocycles. The average molecular weight is 345 g/mol. The lowest BCUT2D eigenvalue weighted by Gasteiger charge is -2.11. The van der Waals surface area contributed by atoms with E-state index in [0.29, 0.717) is 0 Å². The van der Waals surface area contributed by atoms with Crippen molar-refractivity contribution in [2.45, 2.75) is 20.5 Å². The quantitative estimate of drug-likeness (QED) is 0.452. The molecule has 0 heterocycles. The first-order valence-electron chi connectivity index (χ1n) is 7.50. The van der Waals surface area contributed by atoms with Crippen molar-refractivity contribution in [3.8, 4) is 11.5 Å². The molecule has 2 rings (SSSR count). The number of benzene rings is 2. The Morgan fingerprint density at radius 3 is 2.08 bits per heavy atom. The van der Waals surface area contributed by atoms with E-state index in [9.17, 15) is 14.9 Å². The zero-order valence-electron chi connectivity index (χ0n) is 14.5. The van der Waals surface area contributed by atoms with Crippen molar-refractivity contribution in [3.05, 3.63) is 62.7 Å². The summed E-state index contributed by atoms with van der Waals surface area (Å²) in [7, 11) is 2.74. The number of hydrogen-bond acceptors (Lipinski definition) is 6. The summed E-state index contributed by atoms with van der Waals surface area (Å²) in [5.74, 6) is -0.418. The van der Waals surface area contributed by atoms with Gasteiger partial charge in [0.05, 0.1) is 25.2 Å². The van der Waals surface area contributed by atoms with E-state index in [1.54, 1.807) is 0 Å². The highest BCUT2D eigenvalue weighted by Crippen LogP contribution is 2.34. The molecule has 0 aliphatic heterocycles. The Morgan fingerprint density at radius 2 is 1.56 bits per heavy atom. The summed E-state index contributed by atoms with van der Waals surface area (Å²) in [5.41, 5.74) is 2.32. The molecule has 0 amide bonds. The highest BCUT2D eigenvalue weighted by atomic mass is 16.6. The van der Waals surface area contributed by atoms with Crippen LogP contribution >= 0.6 is 0 Å². The van der Waals surface area contributed by atoms with Crippen LogP contribution < -0.4 is 9.47 Å². The lowest BCUT2D eigenvalue weighted by Crippen LogP contribution is -2.09. The molecular weight excluding hydrogens is 326 g/mol. The molecule has 0 saturated carbocycles. The molecule has 0 fully saturated rings. The van der Waals surface area contributed by atoms with Crippen molar-refractivity contribution >= 4 is 11.7 Å². The maximum absolute atomic E-state index is 12.4. The normalized spacial score (nSPS) is 10.2. The third kappa shape index (κ3) is 4.26. The summed E-state index contributed by atoms with van der Waals surface area (Å²) >= 11 is 0. The highest BCUT2D eigenvalue weighted by Gasteiger charge is 2.25. The molecule has 25 heavy (non-hydrogen) atoms. The van der Waals surface area contributed by atoms with E-state index >= 15 is 0 Å². The summed E-state index contributed by atoms with van der Waals surface area (Å²) in [6, 6.07) is 8.18. The van der Waals surface area contributed by atoms with Crippen LogP contribution in [0.2, 0.25) is 0 Å². The molecule has 0 bridgehead atoms. The molecule has 0 aliphatic rings. The number of aryl methyl sites for hydroxylation is 2. The fourth-order valence-corrected chi connectivity index (χ4v) is 2.56. The van der Waals surface area contributed by atoms with Crippen LogP contribution in [0.3, 0.4) is 0 Å². The number of esters is 1. The first kappa shape index (κ1) is 18.3. The monoisotopic (exact) mass is 345 g/mol. The third-order valence-electron chi connectivity index (χ3n) is 3.57. The molecule has 2 aromatic rings. The second-order valence-electron chi connectivity index (χ2n) is 5.55. The van der Waals surface area contributed by atoms with Gasteiger partial charge in [-0.15, -0.1) is 0 Å². The number of nitro groups is 1. The van der Waals surface area contributed by atoms with Gasteiger partial charge in [0.15, 0.2) is 11.5 Å². The van der Waals surface area contributed by atoms with Gasteiger partial charge in [0.25, 0.3) is 5.69 Å². The minimum Gasteiger partial charge on any atom is -0.493 e. The summed E-state index contributed by atoms with van der Waals surface area (Å²) in [6.07, 6.45) is 0. The van der Waals surface area contributed by atoms with Gasteiger partial charge in [-0.1, -0.05) is 29.3 Å². The lowest BCUT2D eigenvalue weighted by molar-refractivity contribution is -0.385. The van der Waals surface area contributed by atoms with E-state index in [4.69, 9.17) is 14.2 Å². The molecule has 7 heteroatoms. The smallest absolute Gasteiger partial charge is 0.345 e. The second-order valence-corrected chi connectivity index (χ2v) is 5.55. The predicted octanol–water partition coefficient (Wildman–Crippen LogP) is 3.59. The van der Waals surface area contributed by atoms with Crippen LogP contribution in [-0.4, -0.2) is 25.1 Å². The topological polar surface area (TPSA) is 87.9 Å². The Bertz CT molecular complexity index is 795. The van der Waals surface area contributed by atoms with E-state index in [0.717, 1.165) is 22.8 Å². The van der Waals surface area contributed by atoms with E-state index in [-0.39, 0.29) is 23.7 Å². The van der Waals surface area contributed by atoms with Crippen LogP contribution in [0, 0.1) is 24.0 Å². The number of rotatable bonds is 6. The molecule has 0 atom stereocenters. The van der Waals surface area contributed by atoms with Crippen LogP contribution in [0.1, 0.15) is 27.0 Å². The van der Waals surface area contributed by atoms with Crippen molar-refractivity contribution in [1.82, 2.24) is 0 Å². The number of carbonyl (C=O) groups is 1. The van der Waals surface area contributed by atoms with Gasteiger partial charge in [0.2, 0.25) is 0 Å². The van der Waals surface area contributed by atoms with Crippen LogP contribution in [0.5, 0.6) is 11.5 Å². The number of methoxy groups -OCH3 is 2. The zero-order chi connectivity index (χ0) is 18.6. The van der Waals surface area contributed by atoms with Gasteiger partial charge in [-0.2, -0.15) is 0 Å². The van der Waals surface area contributed by atoms with Gasteiger partial charge in [-0.3, -0.25) is 10.1 Å². The van der Waals surface area contributed by atoms with Crippen LogP contribution in [0.15, 0.2) is 30.3 Å². The summed E-state index contributed by atoms with van der Waals surface area (Å²) in [6.45, 7) is 3.90. The Labute approximate surface area is 145 Å². The molecule has 0 unspecified atom stereocenters. The van der Waals surface area contributed by atoms with Crippen molar-refractivity contribution < 1.29 is 23.9 Å². The minimum atomic E-state index is -0.799. The zero-order valence-corrected chi connectivity index (χ0v) is 14.5. The Hall–Kier alpha value is -3.09. The molecular formula is C18H19NO6. The van der Waals surface area contributed by atoms with Gasteiger partial charge in [0.1, 0.15) is 12.2 Å². The lowest BCUT2D eigenvalue weighted by atomic mass is 10.1. The first-order chi connectivity index (χ1) is 11.8. The number of carbonyl (C=O) groups excluding carboxylic acids is 1. The maximum Gasteiger partial charge on any atom is 0.345 e. The van der Waals surface area contributed by atoms with Gasteiger partial charge in [-0.05, 0) is 19.4 Å². The molecule has 0 saturated heterocycles. The first-order valence-corrected chi connectivity index (χ1v) is 7.50. The average Bonchev–Trinajstić information content (AvgIpc) is 2.57. The predicted molar refractivity (Wildman–Crippen MR) is 91.2 cm³/mol. The fourth-order valence-electron chi connectivity index (χ4n) is 2.56. The molecule has 0 aliphatic carbocycles. The van der Waals surface area contributed by atoms with Crippen molar-refractivity contribution in [2.75, 3.05) is 14.2 Å². The molecule has 7 nitrogen and oxygen atoms in total. The van der Waals surface area contributed by atoms with E-state index < -0.39 is 16.6 Å². The molecule has 2 aromatic carbocycles. The van der Waals surface area contributed by atoms with Crippen LogP contribution in [-0.2, 0) is 11.3 Å². The van der Waals surface area contributed by atoms with Gasteiger partial charge in [-0.25, -0.2) is 4.79 Å². The van der Waals surface area contributed by atoms with Crippen molar-refractivity contribution in [3.63, 3.8) is 0 Å². The molecule has 0 N–H and O–H groups in total. The third-order valence-corrected chi connectivity index (χ3v) is 3.57. The standard InChI is InChI=1S/C18H19NO6/c1-11-5-12(2)7-13(6-11)10-25-18(20)14-8-16(23-3)17(24-4)9-15(14)19(21)22/h5-9H,10H2,1-4H3. The van der Waals surface area contributed by atoms with E-state index in [2.05, 4.69) is 0 Å². The summed E-state index contributed by atoms with van der Waals surface area (Å²) < 4.78 is 15.4. The van der Waals surface area contributed by atoms with Gasteiger partial charge >= 0.3 is 5.97 Å². The molecule has 0 spiro atoms. The summed E-state index contributed by atoms with van der Waals surface area (Å²) in [5, 5.41) is 11.3. The van der Waals surface area contributed by atoms with E-state index in [1.807, 2.05) is 32.0 Å². The van der Waals surface area contributed by atoms with E-state index in [1.165, 1.54) is 20.3 Å². The number of nitro benzene ring substituents is 1. The number of hydrogen-bond donors (Lipinski definition) is 0. The Kier molecular flexibility index (Phi) is 5.59. The van der Waals surface area contributed by atoms with Crippen molar-refractivity contribution in [1.29, 1.82) is 0 Å². The second kappa shape index (κ2) is 7.65. The largest absolute Gasteiger partial charge is 0.493 e. The highest BCUT2D eigenvalue weighted by molar-refractivity contribution is 5.95. The fraction of sp³-hybridized carbons (Fsp3) is 0.278. The van der Waals surface area contributed by atoms with Crippen LogP contribution in [0.4, 0.5) is 5.69 Å².